The van der Waals surface area contributed by atoms with Gasteiger partial charge in [0.1, 0.15) is 0 Å². The third-order valence-corrected chi connectivity index (χ3v) is 2.74. The fraction of sp³-hybridized carbons (Fsp3) is 0.133. The Balaban J connectivity index is 2.12. The lowest BCUT2D eigenvalue weighted by molar-refractivity contribution is 0.100. The van der Waals surface area contributed by atoms with Gasteiger partial charge in [0, 0.05) is 17.8 Å². The number of hydrogen-bond acceptors (Lipinski definition) is 3. The second-order valence-electron chi connectivity index (χ2n) is 4.01. The van der Waals surface area contributed by atoms with Gasteiger partial charge in [0.25, 0.3) is 0 Å². The number of ketones is 1. The summed E-state index contributed by atoms with van der Waals surface area (Å²) in [6.07, 6.45) is 0. The third kappa shape index (κ3) is 2.96. The van der Waals surface area contributed by atoms with Crippen molar-refractivity contribution in [3.05, 3.63) is 65.7 Å². The fourth-order valence-corrected chi connectivity index (χ4v) is 1.78. The van der Waals surface area contributed by atoms with E-state index >= 15 is 0 Å². The molecule has 0 bridgehead atoms. The molecular formula is C15H16N2O. The standard InChI is InChI=1S/C15H16N2O/c16-10-15(18)13-8-4-5-9-14(13)17-11-12-6-2-1-3-7-12/h1-9,17H,10-11,16H2. The molecule has 0 unspecified atom stereocenters. The van der Waals surface area contributed by atoms with Crippen molar-refractivity contribution < 1.29 is 4.79 Å². The van der Waals surface area contributed by atoms with Crippen molar-refractivity contribution >= 4 is 11.5 Å². The van der Waals surface area contributed by atoms with Crippen LogP contribution in [-0.2, 0) is 6.54 Å². The summed E-state index contributed by atoms with van der Waals surface area (Å²) >= 11 is 0. The molecule has 3 heteroatoms. The second-order valence-corrected chi connectivity index (χ2v) is 4.01. The highest BCUT2D eigenvalue weighted by molar-refractivity contribution is 6.02. The predicted molar refractivity (Wildman–Crippen MR) is 73.6 cm³/mol. The molecule has 0 aliphatic rings. The molecule has 2 rings (SSSR count). The zero-order valence-electron chi connectivity index (χ0n) is 10.1. The van der Waals surface area contributed by atoms with Crippen molar-refractivity contribution in [2.75, 3.05) is 11.9 Å². The summed E-state index contributed by atoms with van der Waals surface area (Å²) in [5.41, 5.74) is 8.06. The Hall–Kier alpha value is -2.13. The van der Waals surface area contributed by atoms with Crippen LogP contribution in [0.3, 0.4) is 0 Å². The van der Waals surface area contributed by atoms with Crippen LogP contribution in [0.4, 0.5) is 5.69 Å². The van der Waals surface area contributed by atoms with Crippen molar-refractivity contribution in [1.29, 1.82) is 0 Å². The molecule has 18 heavy (non-hydrogen) atoms. The zero-order valence-corrected chi connectivity index (χ0v) is 10.1. The molecule has 2 aromatic rings. The van der Waals surface area contributed by atoms with Crippen molar-refractivity contribution in [2.45, 2.75) is 6.54 Å². The Morgan fingerprint density at radius 3 is 2.39 bits per heavy atom. The molecule has 3 N–H and O–H groups in total. The number of rotatable bonds is 5. The Morgan fingerprint density at radius 1 is 1.00 bits per heavy atom. The van der Waals surface area contributed by atoms with Crippen LogP contribution in [0.1, 0.15) is 15.9 Å². The molecule has 0 aliphatic heterocycles. The highest BCUT2D eigenvalue weighted by Gasteiger charge is 2.08. The number of nitrogens with one attached hydrogen (secondary N) is 1. The molecule has 0 heterocycles. The van der Waals surface area contributed by atoms with E-state index in [1.54, 1.807) is 6.07 Å². The molecule has 2 aromatic carbocycles. The number of nitrogens with two attached hydrogens (primary N) is 1. The molecular weight excluding hydrogens is 224 g/mol. The van der Waals surface area contributed by atoms with E-state index in [1.807, 2.05) is 48.5 Å². The number of carbonyl (C=O) groups is 1. The monoisotopic (exact) mass is 240 g/mol. The minimum absolute atomic E-state index is 0.0318. The predicted octanol–water partition coefficient (Wildman–Crippen LogP) is 2.44. The van der Waals surface area contributed by atoms with Crippen molar-refractivity contribution in [3.8, 4) is 0 Å². The highest BCUT2D eigenvalue weighted by atomic mass is 16.1. The average molecular weight is 240 g/mol. The molecule has 0 amide bonds. The summed E-state index contributed by atoms with van der Waals surface area (Å²) in [5, 5.41) is 3.27. The first-order valence-electron chi connectivity index (χ1n) is 5.91. The van der Waals surface area contributed by atoms with Gasteiger partial charge in [0.05, 0.1) is 6.54 Å². The van der Waals surface area contributed by atoms with E-state index in [9.17, 15) is 4.79 Å². The normalized spacial score (nSPS) is 10.1. The van der Waals surface area contributed by atoms with Gasteiger partial charge in [-0.3, -0.25) is 4.79 Å². The quantitative estimate of drug-likeness (QED) is 0.789. The van der Waals surface area contributed by atoms with Crippen LogP contribution < -0.4 is 11.1 Å². The number of para-hydroxylation sites is 1. The number of carbonyl (C=O) groups excluding carboxylic acids is 1. The first-order chi connectivity index (χ1) is 8.81. The Morgan fingerprint density at radius 2 is 1.67 bits per heavy atom. The molecule has 0 radical (unpaired) electrons. The van der Waals surface area contributed by atoms with Gasteiger partial charge >= 0.3 is 0 Å². The molecule has 0 aliphatic carbocycles. The summed E-state index contributed by atoms with van der Waals surface area (Å²) < 4.78 is 0. The van der Waals surface area contributed by atoms with Gasteiger partial charge in [0.2, 0.25) is 0 Å². The van der Waals surface area contributed by atoms with Crippen molar-refractivity contribution in [3.63, 3.8) is 0 Å². The molecule has 3 nitrogen and oxygen atoms in total. The molecule has 0 saturated heterocycles. The van der Waals surface area contributed by atoms with Gasteiger partial charge in [-0.15, -0.1) is 0 Å². The summed E-state index contributed by atoms with van der Waals surface area (Å²) in [5.74, 6) is -0.0499. The zero-order chi connectivity index (χ0) is 12.8. The largest absolute Gasteiger partial charge is 0.380 e. The molecule has 0 fully saturated rings. The lowest BCUT2D eigenvalue weighted by Crippen LogP contribution is -2.15. The van der Waals surface area contributed by atoms with Crippen LogP contribution in [-0.4, -0.2) is 12.3 Å². The van der Waals surface area contributed by atoms with Crippen molar-refractivity contribution in [1.82, 2.24) is 0 Å². The van der Waals surface area contributed by atoms with Gasteiger partial charge < -0.3 is 11.1 Å². The third-order valence-electron chi connectivity index (χ3n) is 2.74. The van der Waals surface area contributed by atoms with Crippen LogP contribution in [0.2, 0.25) is 0 Å². The summed E-state index contributed by atoms with van der Waals surface area (Å²) in [6.45, 7) is 0.722. The average Bonchev–Trinajstić information content (AvgIpc) is 2.45. The van der Waals surface area contributed by atoms with Crippen LogP contribution in [0.5, 0.6) is 0 Å². The first kappa shape index (κ1) is 12.3. The topological polar surface area (TPSA) is 55.1 Å². The Bertz CT molecular complexity index is 523. The highest BCUT2D eigenvalue weighted by Crippen LogP contribution is 2.16. The maximum absolute atomic E-state index is 11.7. The summed E-state index contributed by atoms with van der Waals surface area (Å²) in [4.78, 5) is 11.7. The SMILES string of the molecule is NCC(=O)c1ccccc1NCc1ccccc1. The van der Waals surface area contributed by atoms with Gasteiger partial charge in [-0.1, -0.05) is 42.5 Å². The van der Waals surface area contributed by atoms with Crippen LogP contribution >= 0.6 is 0 Å². The van der Waals surface area contributed by atoms with Crippen LogP contribution in [0.15, 0.2) is 54.6 Å². The minimum atomic E-state index is -0.0499. The summed E-state index contributed by atoms with van der Waals surface area (Å²) in [6, 6.07) is 17.5. The van der Waals surface area contributed by atoms with Gasteiger partial charge in [-0.25, -0.2) is 0 Å². The van der Waals surface area contributed by atoms with Gasteiger partial charge in [0.15, 0.2) is 5.78 Å². The second kappa shape index (κ2) is 5.98. The fourth-order valence-electron chi connectivity index (χ4n) is 1.78. The smallest absolute Gasteiger partial charge is 0.178 e. The number of hydrogen-bond donors (Lipinski definition) is 2. The van der Waals surface area contributed by atoms with E-state index < -0.39 is 0 Å². The van der Waals surface area contributed by atoms with E-state index in [2.05, 4.69) is 5.32 Å². The minimum Gasteiger partial charge on any atom is -0.380 e. The lowest BCUT2D eigenvalue weighted by Gasteiger charge is -2.10. The number of benzene rings is 2. The van der Waals surface area contributed by atoms with E-state index in [4.69, 9.17) is 5.73 Å². The van der Waals surface area contributed by atoms with Crippen molar-refractivity contribution in [2.24, 2.45) is 5.73 Å². The Kier molecular flexibility index (Phi) is 4.10. The maximum atomic E-state index is 11.7. The number of anilines is 1. The maximum Gasteiger partial charge on any atom is 0.178 e. The Labute approximate surface area is 107 Å². The van der Waals surface area contributed by atoms with E-state index in [0.717, 1.165) is 5.69 Å². The van der Waals surface area contributed by atoms with E-state index in [0.29, 0.717) is 12.1 Å². The van der Waals surface area contributed by atoms with E-state index in [1.165, 1.54) is 5.56 Å². The molecule has 0 aromatic heterocycles. The van der Waals surface area contributed by atoms with Crippen LogP contribution in [0.25, 0.3) is 0 Å². The van der Waals surface area contributed by atoms with E-state index in [-0.39, 0.29) is 12.3 Å². The van der Waals surface area contributed by atoms with Gasteiger partial charge in [-0.05, 0) is 17.7 Å². The molecule has 0 spiro atoms. The molecule has 0 saturated carbocycles. The number of Topliss-reactive ketones (excluding diaryl/α,β-unsaturated/α-hetero) is 1. The molecule has 0 atom stereocenters. The van der Waals surface area contributed by atoms with Crippen LogP contribution in [0, 0.1) is 0 Å². The first-order valence-corrected chi connectivity index (χ1v) is 5.91. The van der Waals surface area contributed by atoms with Gasteiger partial charge in [-0.2, -0.15) is 0 Å². The molecule has 92 valence electrons. The summed E-state index contributed by atoms with van der Waals surface area (Å²) in [7, 11) is 0. The lowest BCUT2D eigenvalue weighted by atomic mass is 10.1.